The summed E-state index contributed by atoms with van der Waals surface area (Å²) in [5, 5.41) is 3.48. The Bertz CT molecular complexity index is 203. The van der Waals surface area contributed by atoms with Crippen LogP contribution in [0.25, 0.3) is 0 Å². The summed E-state index contributed by atoms with van der Waals surface area (Å²) >= 11 is 0. The molecule has 0 aromatic carbocycles. The van der Waals surface area contributed by atoms with E-state index in [2.05, 4.69) is 10.5 Å². The summed E-state index contributed by atoms with van der Waals surface area (Å²) in [6.07, 6.45) is 1.58. The van der Waals surface area contributed by atoms with Crippen LogP contribution in [0.1, 0.15) is 13.8 Å². The zero-order valence-electron chi connectivity index (χ0n) is 5.38. The van der Waals surface area contributed by atoms with E-state index in [1.807, 2.05) is 6.92 Å². The highest BCUT2D eigenvalue weighted by atomic mass is 16.2. The smallest absolute Gasteiger partial charge is 0.265 e. The van der Waals surface area contributed by atoms with Gasteiger partial charge in [-0.2, -0.15) is 5.10 Å². The van der Waals surface area contributed by atoms with Crippen LogP contribution < -0.4 is 5.43 Å². The molecule has 1 aliphatic rings. The fraction of sp³-hybridized carbons (Fsp3) is 0.333. The Labute approximate surface area is 53.4 Å². The molecule has 0 saturated heterocycles. The molecule has 3 nitrogen and oxygen atoms in total. The van der Waals surface area contributed by atoms with Gasteiger partial charge in [0.15, 0.2) is 0 Å². The second-order valence-corrected chi connectivity index (χ2v) is 1.96. The van der Waals surface area contributed by atoms with Crippen molar-refractivity contribution >= 4 is 12.1 Å². The zero-order valence-corrected chi connectivity index (χ0v) is 5.38. The lowest BCUT2D eigenvalue weighted by Crippen LogP contribution is -2.16. The average Bonchev–Trinajstić information content (AvgIpc) is 1.83. The molecule has 9 heavy (non-hydrogen) atoms. The van der Waals surface area contributed by atoms with E-state index >= 15 is 0 Å². The Balaban J connectivity index is 2.97. The molecule has 0 aromatic heterocycles. The van der Waals surface area contributed by atoms with Gasteiger partial charge in [0.25, 0.3) is 5.91 Å². The van der Waals surface area contributed by atoms with Gasteiger partial charge in [0.05, 0.1) is 6.21 Å². The fourth-order valence-corrected chi connectivity index (χ4v) is 0.508. The van der Waals surface area contributed by atoms with Gasteiger partial charge in [0.1, 0.15) is 0 Å². The predicted molar refractivity (Wildman–Crippen MR) is 34.0 cm³/mol. The first kappa shape index (κ1) is 6.01. The van der Waals surface area contributed by atoms with Crippen LogP contribution in [0.5, 0.6) is 0 Å². The van der Waals surface area contributed by atoms with Gasteiger partial charge in [-0.15, -0.1) is 5.43 Å². The van der Waals surface area contributed by atoms with Crippen molar-refractivity contribution in [3.63, 3.8) is 0 Å². The van der Waals surface area contributed by atoms with E-state index in [9.17, 15) is 4.79 Å². The maximum Gasteiger partial charge on any atom is 0.291 e. The highest BCUT2D eigenvalue weighted by molar-refractivity contribution is 6.01. The number of hydrogen-bond donors (Lipinski definition) is 0. The summed E-state index contributed by atoms with van der Waals surface area (Å²) in [4.78, 5) is 10.7. The van der Waals surface area contributed by atoms with E-state index in [0.29, 0.717) is 5.57 Å². The Kier molecular flexibility index (Phi) is 1.34. The van der Waals surface area contributed by atoms with Crippen LogP contribution in [0.3, 0.4) is 0 Å². The molecule has 1 heterocycles. The Morgan fingerprint density at radius 1 is 1.44 bits per heavy atom. The Morgan fingerprint density at radius 3 is 2.56 bits per heavy atom. The third-order valence-electron chi connectivity index (χ3n) is 1.31. The maximum absolute atomic E-state index is 10.7. The topological polar surface area (TPSA) is 43.5 Å². The molecular formula is C6H7N2O. The zero-order chi connectivity index (χ0) is 6.85. The molecule has 0 fully saturated rings. The molecule has 0 bridgehead atoms. The first-order valence-electron chi connectivity index (χ1n) is 2.67. The summed E-state index contributed by atoms with van der Waals surface area (Å²) in [5.74, 6) is -0.227. The molecule has 0 aromatic rings. The quantitative estimate of drug-likeness (QED) is 0.461. The normalized spacial score (nSPS) is 18.2. The predicted octanol–water partition coefficient (Wildman–Crippen LogP) is 0.453. The van der Waals surface area contributed by atoms with Crippen molar-refractivity contribution in [3.05, 3.63) is 11.1 Å². The Morgan fingerprint density at radius 2 is 2.11 bits per heavy atom. The van der Waals surface area contributed by atoms with Crippen LogP contribution in [0.4, 0.5) is 0 Å². The number of amides is 1. The molecule has 1 amide bonds. The van der Waals surface area contributed by atoms with Crippen molar-refractivity contribution in [1.29, 1.82) is 0 Å². The number of nitrogens with zero attached hydrogens (tertiary/aromatic N) is 2. The van der Waals surface area contributed by atoms with Crippen molar-refractivity contribution in [2.75, 3.05) is 0 Å². The van der Waals surface area contributed by atoms with Crippen molar-refractivity contribution in [2.45, 2.75) is 13.8 Å². The second kappa shape index (κ2) is 2.01. The third kappa shape index (κ3) is 0.988. The average molecular weight is 123 g/mol. The third-order valence-corrected chi connectivity index (χ3v) is 1.31. The molecule has 0 N–H and O–H groups in total. The molecule has 0 unspecified atom stereocenters. The summed E-state index contributed by atoms with van der Waals surface area (Å²) < 4.78 is 0. The van der Waals surface area contributed by atoms with Gasteiger partial charge in [-0.25, -0.2) is 0 Å². The Hall–Kier alpha value is -1.12. The second-order valence-electron chi connectivity index (χ2n) is 1.96. The summed E-state index contributed by atoms with van der Waals surface area (Å²) in [5.41, 5.74) is 4.92. The van der Waals surface area contributed by atoms with Crippen LogP contribution in [0, 0.1) is 0 Å². The van der Waals surface area contributed by atoms with Crippen LogP contribution in [0.2, 0.25) is 0 Å². The lowest BCUT2D eigenvalue weighted by molar-refractivity contribution is -0.117. The highest BCUT2D eigenvalue weighted by Gasteiger charge is 2.10. The minimum atomic E-state index is -0.227. The van der Waals surface area contributed by atoms with Crippen LogP contribution in [-0.4, -0.2) is 12.1 Å². The van der Waals surface area contributed by atoms with E-state index < -0.39 is 0 Å². The number of hydrogen-bond acceptors (Lipinski definition) is 2. The maximum atomic E-state index is 10.7. The van der Waals surface area contributed by atoms with Gasteiger partial charge < -0.3 is 0 Å². The minimum Gasteiger partial charge on any atom is -0.265 e. The standard InChI is InChI=1S/C6H7N2O/c1-4-3-7-8-6(9)5(4)2/h3H,1-2H3. The molecule has 3 heteroatoms. The fourth-order valence-electron chi connectivity index (χ4n) is 0.508. The summed E-state index contributed by atoms with van der Waals surface area (Å²) in [7, 11) is 0. The number of allylic oxidation sites excluding steroid dienone is 1. The lowest BCUT2D eigenvalue weighted by atomic mass is 10.1. The van der Waals surface area contributed by atoms with Gasteiger partial charge in [-0.1, -0.05) is 0 Å². The van der Waals surface area contributed by atoms with Crippen molar-refractivity contribution in [3.8, 4) is 0 Å². The summed E-state index contributed by atoms with van der Waals surface area (Å²) in [6.45, 7) is 3.58. The van der Waals surface area contributed by atoms with E-state index in [-0.39, 0.29) is 5.91 Å². The first-order valence-corrected chi connectivity index (χ1v) is 2.67. The minimum absolute atomic E-state index is 0.227. The largest absolute Gasteiger partial charge is 0.291 e. The summed E-state index contributed by atoms with van der Waals surface area (Å²) in [6, 6.07) is 0. The molecule has 0 aliphatic carbocycles. The van der Waals surface area contributed by atoms with Crippen molar-refractivity contribution < 1.29 is 4.79 Å². The van der Waals surface area contributed by atoms with Gasteiger partial charge in [0.2, 0.25) is 0 Å². The van der Waals surface area contributed by atoms with Crippen LogP contribution >= 0.6 is 0 Å². The molecule has 1 aliphatic heterocycles. The monoisotopic (exact) mass is 123 g/mol. The molecule has 0 atom stereocenters. The number of carbonyl (C=O) groups is 1. The van der Waals surface area contributed by atoms with Gasteiger partial charge in [-0.3, -0.25) is 4.79 Å². The van der Waals surface area contributed by atoms with Gasteiger partial charge in [-0.05, 0) is 19.4 Å². The molecule has 1 rings (SSSR count). The van der Waals surface area contributed by atoms with E-state index in [1.165, 1.54) is 0 Å². The first-order chi connectivity index (χ1) is 4.22. The van der Waals surface area contributed by atoms with E-state index in [0.717, 1.165) is 5.57 Å². The SMILES string of the molecule is CC1=C(C)C(=O)[N]N=C1. The molecule has 0 saturated carbocycles. The van der Waals surface area contributed by atoms with Crippen LogP contribution in [0.15, 0.2) is 16.2 Å². The molecule has 47 valence electrons. The van der Waals surface area contributed by atoms with E-state index in [1.54, 1.807) is 13.1 Å². The molecule has 0 spiro atoms. The molecule has 1 radical (unpaired) electrons. The lowest BCUT2D eigenvalue weighted by Gasteiger charge is -2.03. The van der Waals surface area contributed by atoms with Crippen molar-refractivity contribution in [2.24, 2.45) is 5.10 Å². The van der Waals surface area contributed by atoms with Crippen LogP contribution in [-0.2, 0) is 4.79 Å². The number of rotatable bonds is 0. The van der Waals surface area contributed by atoms with Gasteiger partial charge in [0, 0.05) is 5.57 Å². The highest BCUT2D eigenvalue weighted by Crippen LogP contribution is 2.04. The van der Waals surface area contributed by atoms with Crippen molar-refractivity contribution in [1.82, 2.24) is 5.43 Å². The molecular weight excluding hydrogens is 116 g/mol. The van der Waals surface area contributed by atoms with Gasteiger partial charge >= 0.3 is 0 Å². The number of carbonyl (C=O) groups excluding carboxylic acids is 1. The van der Waals surface area contributed by atoms with E-state index in [4.69, 9.17) is 0 Å².